The van der Waals surface area contributed by atoms with Crippen LogP contribution < -0.4 is 15.6 Å². The van der Waals surface area contributed by atoms with Gasteiger partial charge < -0.3 is 9.47 Å². The van der Waals surface area contributed by atoms with Gasteiger partial charge in [0.25, 0.3) is 5.91 Å². The summed E-state index contributed by atoms with van der Waals surface area (Å²) in [5, 5.41) is 0. The van der Waals surface area contributed by atoms with E-state index in [1.54, 1.807) is 0 Å². The number of carbonyl (C=O) groups is 3. The average Bonchev–Trinajstić information content (AvgIpc) is 2.73. The summed E-state index contributed by atoms with van der Waals surface area (Å²) >= 11 is 6.75. The van der Waals surface area contributed by atoms with E-state index >= 15 is 0 Å². The van der Waals surface area contributed by atoms with E-state index in [2.05, 4.69) is 42.7 Å². The van der Waals surface area contributed by atoms with Crippen LogP contribution in [0.25, 0.3) is 0 Å². The van der Waals surface area contributed by atoms with Gasteiger partial charge in [0.2, 0.25) is 5.91 Å². The average molecular weight is 556 g/mol. The zero-order valence-corrected chi connectivity index (χ0v) is 20.3. The van der Waals surface area contributed by atoms with Gasteiger partial charge in [-0.25, -0.2) is 0 Å². The van der Waals surface area contributed by atoms with Crippen LogP contribution in [0.4, 0.5) is 0 Å². The number of esters is 1. The second-order valence-corrected chi connectivity index (χ2v) is 8.50. The highest BCUT2D eigenvalue weighted by Gasteiger charge is 2.12. The number of hydrogen-bond donors (Lipinski definition) is 2. The highest BCUT2D eigenvalue weighted by atomic mass is 79.9. The van der Waals surface area contributed by atoms with Gasteiger partial charge in [0.05, 0.1) is 17.5 Å². The van der Waals surface area contributed by atoms with Crippen LogP contribution in [0.3, 0.4) is 0 Å². The maximum absolute atomic E-state index is 11.9. The lowest BCUT2D eigenvalue weighted by atomic mass is 10.1. The van der Waals surface area contributed by atoms with E-state index in [9.17, 15) is 14.4 Å². The number of aryl methyl sites for hydroxylation is 2. The smallest absolute Gasteiger partial charge is 0.306 e. The zero-order valence-electron chi connectivity index (χ0n) is 17.1. The lowest BCUT2D eigenvalue weighted by Gasteiger charge is -2.12. The predicted molar refractivity (Wildman–Crippen MR) is 123 cm³/mol. The van der Waals surface area contributed by atoms with Crippen molar-refractivity contribution in [1.82, 2.24) is 10.9 Å². The van der Waals surface area contributed by atoms with Gasteiger partial charge in [-0.15, -0.1) is 0 Å². The Hall–Kier alpha value is -2.39. The number of hydrazine groups is 1. The molecule has 0 fully saturated rings. The third-order valence-electron chi connectivity index (χ3n) is 4.15. The minimum absolute atomic E-state index is 0.0609. The number of halogens is 2. The maximum Gasteiger partial charge on any atom is 0.306 e. The third-order valence-corrected chi connectivity index (χ3v) is 5.20. The summed E-state index contributed by atoms with van der Waals surface area (Å²) in [5.41, 5.74) is 6.54. The molecule has 31 heavy (non-hydrogen) atoms. The summed E-state index contributed by atoms with van der Waals surface area (Å²) in [6.07, 6.45) is 1.38. The van der Waals surface area contributed by atoms with E-state index in [-0.39, 0.29) is 19.4 Å². The molecule has 166 valence electrons. The quantitative estimate of drug-likeness (QED) is 0.262. The molecular formula is C22H24Br2N2O5. The van der Waals surface area contributed by atoms with Crippen LogP contribution in [0.1, 0.15) is 30.4 Å². The summed E-state index contributed by atoms with van der Waals surface area (Å²) in [7, 11) is 0. The molecule has 0 aliphatic carbocycles. The van der Waals surface area contributed by atoms with Crippen molar-refractivity contribution in [3.8, 4) is 5.75 Å². The van der Waals surface area contributed by atoms with E-state index in [4.69, 9.17) is 9.47 Å². The van der Waals surface area contributed by atoms with Crippen LogP contribution in [-0.2, 0) is 25.5 Å². The molecule has 0 bridgehead atoms. The molecule has 0 saturated carbocycles. The van der Waals surface area contributed by atoms with Crippen molar-refractivity contribution in [1.29, 1.82) is 0 Å². The molecular weight excluding hydrogens is 532 g/mol. The Bertz CT molecular complexity index is 883. The van der Waals surface area contributed by atoms with Gasteiger partial charge in [-0.3, -0.25) is 25.2 Å². The van der Waals surface area contributed by atoms with Crippen LogP contribution >= 0.6 is 31.9 Å². The Morgan fingerprint density at radius 1 is 0.968 bits per heavy atom. The van der Waals surface area contributed by atoms with E-state index in [1.165, 1.54) is 5.56 Å². The van der Waals surface area contributed by atoms with Gasteiger partial charge >= 0.3 is 5.97 Å². The zero-order chi connectivity index (χ0) is 22.6. The Morgan fingerprint density at radius 2 is 1.68 bits per heavy atom. The first-order valence-electron chi connectivity index (χ1n) is 9.71. The lowest BCUT2D eigenvalue weighted by Crippen LogP contribution is -2.44. The number of hydrogen-bond acceptors (Lipinski definition) is 5. The highest BCUT2D eigenvalue weighted by molar-refractivity contribution is 9.11. The molecule has 0 radical (unpaired) electrons. The molecule has 0 heterocycles. The van der Waals surface area contributed by atoms with Crippen molar-refractivity contribution in [3.63, 3.8) is 0 Å². The first-order valence-corrected chi connectivity index (χ1v) is 11.3. The molecule has 2 aromatic carbocycles. The van der Waals surface area contributed by atoms with Crippen molar-refractivity contribution in [2.45, 2.75) is 32.6 Å². The van der Waals surface area contributed by atoms with Gasteiger partial charge in [-0.1, -0.05) is 46.3 Å². The molecule has 2 rings (SSSR count). The summed E-state index contributed by atoms with van der Waals surface area (Å²) in [6, 6.07) is 13.6. The van der Waals surface area contributed by atoms with Gasteiger partial charge in [0.1, 0.15) is 5.75 Å². The van der Waals surface area contributed by atoms with Crippen LogP contribution in [0, 0.1) is 6.92 Å². The first-order chi connectivity index (χ1) is 14.8. The topological polar surface area (TPSA) is 93.7 Å². The van der Waals surface area contributed by atoms with Crippen LogP contribution in [0.15, 0.2) is 51.4 Å². The fraction of sp³-hybridized carbons (Fsp3) is 0.318. The Labute approximate surface area is 198 Å². The van der Waals surface area contributed by atoms with Crippen molar-refractivity contribution in [3.05, 3.63) is 62.5 Å². The van der Waals surface area contributed by atoms with E-state index in [0.29, 0.717) is 23.2 Å². The fourth-order valence-electron chi connectivity index (χ4n) is 2.64. The van der Waals surface area contributed by atoms with Crippen LogP contribution in [-0.4, -0.2) is 31.0 Å². The molecule has 0 aliphatic heterocycles. The molecule has 7 nitrogen and oxygen atoms in total. The summed E-state index contributed by atoms with van der Waals surface area (Å²) < 4.78 is 12.2. The third kappa shape index (κ3) is 9.52. The molecule has 2 aromatic rings. The van der Waals surface area contributed by atoms with E-state index in [0.717, 1.165) is 16.5 Å². The first kappa shape index (κ1) is 24.9. The van der Waals surface area contributed by atoms with E-state index in [1.807, 2.05) is 49.4 Å². The Morgan fingerprint density at radius 3 is 2.39 bits per heavy atom. The molecule has 2 amide bonds. The standard InChI is InChI=1S/C22H24Br2N2O5/c1-15-12-17(23)13-18(24)22(15)31-14-20(28)26-25-19(27)9-10-21(29)30-11-5-8-16-6-3-2-4-7-16/h2-4,6-7,12-13H,5,8-11,14H2,1H3,(H,25,27)(H,26,28). The highest BCUT2D eigenvalue weighted by Crippen LogP contribution is 2.32. The SMILES string of the molecule is Cc1cc(Br)cc(Br)c1OCC(=O)NNC(=O)CCC(=O)OCCCc1ccccc1. The predicted octanol–water partition coefficient (Wildman–Crippen LogP) is 4.00. The lowest BCUT2D eigenvalue weighted by molar-refractivity contribution is -0.145. The molecule has 9 heteroatoms. The van der Waals surface area contributed by atoms with Gasteiger partial charge in [0.15, 0.2) is 6.61 Å². The number of rotatable bonds is 10. The molecule has 0 spiro atoms. The maximum atomic E-state index is 11.9. The summed E-state index contributed by atoms with van der Waals surface area (Å²) in [5.74, 6) is -0.922. The van der Waals surface area contributed by atoms with Gasteiger partial charge in [-0.05, 0) is 59.0 Å². The van der Waals surface area contributed by atoms with Crippen molar-refractivity contribution >= 4 is 49.6 Å². The molecule has 0 unspecified atom stereocenters. The van der Waals surface area contributed by atoms with Gasteiger partial charge in [-0.2, -0.15) is 0 Å². The number of nitrogens with one attached hydrogen (secondary N) is 2. The minimum Gasteiger partial charge on any atom is -0.482 e. The number of amides is 2. The summed E-state index contributed by atoms with van der Waals surface area (Å²) in [4.78, 5) is 35.4. The second-order valence-electron chi connectivity index (χ2n) is 6.73. The second kappa shape index (κ2) is 13.1. The minimum atomic E-state index is -0.522. The molecule has 0 atom stereocenters. The summed E-state index contributed by atoms with van der Waals surface area (Å²) in [6.45, 7) is 1.88. The molecule has 0 aliphatic rings. The van der Waals surface area contributed by atoms with Crippen molar-refractivity contribution in [2.75, 3.05) is 13.2 Å². The van der Waals surface area contributed by atoms with E-state index < -0.39 is 17.8 Å². The van der Waals surface area contributed by atoms with Crippen LogP contribution in [0.5, 0.6) is 5.75 Å². The Kier molecular flexibility index (Phi) is 10.5. The molecule has 2 N–H and O–H groups in total. The van der Waals surface area contributed by atoms with Crippen molar-refractivity contribution < 1.29 is 23.9 Å². The number of carbonyl (C=O) groups excluding carboxylic acids is 3. The fourth-order valence-corrected chi connectivity index (χ4v) is 4.20. The van der Waals surface area contributed by atoms with Crippen molar-refractivity contribution in [2.24, 2.45) is 0 Å². The monoisotopic (exact) mass is 554 g/mol. The molecule has 0 aromatic heterocycles. The molecule has 0 saturated heterocycles. The number of benzene rings is 2. The normalized spacial score (nSPS) is 10.3. The Balaban J connectivity index is 1.57. The number of ether oxygens (including phenoxy) is 2. The van der Waals surface area contributed by atoms with Crippen LogP contribution in [0.2, 0.25) is 0 Å². The van der Waals surface area contributed by atoms with Gasteiger partial charge in [0, 0.05) is 10.9 Å². The largest absolute Gasteiger partial charge is 0.482 e.